The molecule has 2 heterocycles. The van der Waals surface area contributed by atoms with Crippen LogP contribution in [-0.4, -0.2) is 58.3 Å². The molecule has 0 spiro atoms. The third-order valence-electron chi connectivity index (χ3n) is 5.59. The number of likely N-dealkylation sites (tertiary alicyclic amines) is 1. The normalized spacial score (nSPS) is 20.7. The summed E-state index contributed by atoms with van der Waals surface area (Å²) in [6.07, 6.45) is 7.78. The smallest absolute Gasteiger partial charge is 0.276 e. The van der Waals surface area contributed by atoms with Crippen molar-refractivity contribution in [2.45, 2.75) is 64.5 Å². The van der Waals surface area contributed by atoms with E-state index in [0.717, 1.165) is 38.2 Å². The van der Waals surface area contributed by atoms with E-state index < -0.39 is 0 Å². The molecule has 25 heavy (non-hydrogen) atoms. The van der Waals surface area contributed by atoms with Crippen LogP contribution in [0.3, 0.4) is 0 Å². The standard InChI is InChI=1S/C19H31N3O3/c1-2-22(13-15-6-4-3-5-7-15)19(24)18-12-17(25-20-18)14-21-10-8-16(23)9-11-21/h12,15-16,23H,2-11,13-14H2,1H3. The van der Waals surface area contributed by atoms with E-state index in [2.05, 4.69) is 10.1 Å². The Morgan fingerprint density at radius 2 is 2.00 bits per heavy atom. The molecular weight excluding hydrogens is 318 g/mol. The first kappa shape index (κ1) is 18.4. The van der Waals surface area contributed by atoms with Crippen molar-refractivity contribution in [2.75, 3.05) is 26.2 Å². The zero-order valence-corrected chi connectivity index (χ0v) is 15.3. The lowest BCUT2D eigenvalue weighted by Crippen LogP contribution is -2.36. The van der Waals surface area contributed by atoms with E-state index in [0.29, 0.717) is 24.7 Å². The van der Waals surface area contributed by atoms with E-state index in [1.807, 2.05) is 11.8 Å². The number of amides is 1. The summed E-state index contributed by atoms with van der Waals surface area (Å²) in [5.41, 5.74) is 0.421. The Labute approximate surface area is 150 Å². The molecule has 1 amide bonds. The van der Waals surface area contributed by atoms with Crippen LogP contribution in [0.4, 0.5) is 0 Å². The highest BCUT2D eigenvalue weighted by atomic mass is 16.5. The number of carbonyl (C=O) groups is 1. The highest BCUT2D eigenvalue weighted by Gasteiger charge is 2.24. The first-order valence-corrected chi connectivity index (χ1v) is 9.81. The molecule has 0 radical (unpaired) electrons. The van der Waals surface area contributed by atoms with Gasteiger partial charge in [-0.2, -0.15) is 0 Å². The number of aliphatic hydroxyl groups excluding tert-OH is 1. The molecule has 1 saturated heterocycles. The summed E-state index contributed by atoms with van der Waals surface area (Å²) in [6.45, 7) is 5.94. The van der Waals surface area contributed by atoms with Gasteiger partial charge in [-0.15, -0.1) is 0 Å². The molecule has 1 aromatic heterocycles. The molecule has 0 unspecified atom stereocenters. The lowest BCUT2D eigenvalue weighted by Gasteiger charge is -2.28. The molecule has 1 aliphatic heterocycles. The van der Waals surface area contributed by atoms with Gasteiger partial charge >= 0.3 is 0 Å². The van der Waals surface area contributed by atoms with Crippen molar-refractivity contribution in [3.8, 4) is 0 Å². The van der Waals surface area contributed by atoms with E-state index in [1.54, 1.807) is 6.07 Å². The largest absolute Gasteiger partial charge is 0.393 e. The van der Waals surface area contributed by atoms with Crippen molar-refractivity contribution in [2.24, 2.45) is 5.92 Å². The Bertz CT molecular complexity index is 546. The minimum Gasteiger partial charge on any atom is -0.393 e. The molecule has 2 fully saturated rings. The monoisotopic (exact) mass is 349 g/mol. The molecule has 1 aliphatic carbocycles. The second-order valence-electron chi connectivity index (χ2n) is 7.53. The Balaban J connectivity index is 1.55. The van der Waals surface area contributed by atoms with Crippen LogP contribution in [0.15, 0.2) is 10.6 Å². The molecule has 0 bridgehead atoms. The van der Waals surface area contributed by atoms with Crippen molar-refractivity contribution in [3.63, 3.8) is 0 Å². The van der Waals surface area contributed by atoms with Crippen LogP contribution >= 0.6 is 0 Å². The van der Waals surface area contributed by atoms with Gasteiger partial charge in [-0.1, -0.05) is 24.4 Å². The van der Waals surface area contributed by atoms with E-state index in [-0.39, 0.29) is 12.0 Å². The maximum atomic E-state index is 12.8. The van der Waals surface area contributed by atoms with Gasteiger partial charge in [-0.3, -0.25) is 9.69 Å². The molecule has 1 N–H and O–H groups in total. The van der Waals surface area contributed by atoms with Crippen molar-refractivity contribution in [1.82, 2.24) is 15.0 Å². The number of nitrogens with zero attached hydrogens (tertiary/aromatic N) is 3. The van der Waals surface area contributed by atoms with Gasteiger partial charge in [0.05, 0.1) is 12.6 Å². The van der Waals surface area contributed by atoms with Gasteiger partial charge in [-0.25, -0.2) is 0 Å². The van der Waals surface area contributed by atoms with Gasteiger partial charge in [0.2, 0.25) is 0 Å². The topological polar surface area (TPSA) is 69.8 Å². The second-order valence-corrected chi connectivity index (χ2v) is 7.53. The first-order chi connectivity index (χ1) is 12.2. The van der Waals surface area contributed by atoms with Crippen LogP contribution in [0.2, 0.25) is 0 Å². The zero-order valence-electron chi connectivity index (χ0n) is 15.3. The average molecular weight is 349 g/mol. The van der Waals surface area contributed by atoms with E-state index in [1.165, 1.54) is 32.1 Å². The fourth-order valence-corrected chi connectivity index (χ4v) is 3.99. The van der Waals surface area contributed by atoms with Gasteiger partial charge in [0.25, 0.3) is 5.91 Å². The summed E-state index contributed by atoms with van der Waals surface area (Å²) in [7, 11) is 0. The van der Waals surface area contributed by atoms with Crippen LogP contribution in [0, 0.1) is 5.92 Å². The second kappa shape index (κ2) is 8.81. The third-order valence-corrected chi connectivity index (χ3v) is 5.59. The van der Waals surface area contributed by atoms with E-state index in [9.17, 15) is 9.90 Å². The van der Waals surface area contributed by atoms with E-state index in [4.69, 9.17) is 4.52 Å². The van der Waals surface area contributed by atoms with Crippen molar-refractivity contribution >= 4 is 5.91 Å². The zero-order chi connectivity index (χ0) is 17.6. The summed E-state index contributed by atoms with van der Waals surface area (Å²) in [5.74, 6) is 1.34. The Kier molecular flexibility index (Phi) is 6.48. The number of carbonyl (C=O) groups excluding carboxylic acids is 1. The lowest BCUT2D eigenvalue weighted by atomic mass is 9.89. The van der Waals surface area contributed by atoms with Crippen LogP contribution in [0.5, 0.6) is 0 Å². The van der Waals surface area contributed by atoms with Crippen molar-refractivity contribution < 1.29 is 14.4 Å². The Hall–Kier alpha value is -1.40. The molecule has 2 aliphatic rings. The summed E-state index contributed by atoms with van der Waals surface area (Å²) in [6, 6.07) is 1.79. The fourth-order valence-electron chi connectivity index (χ4n) is 3.99. The minimum absolute atomic E-state index is 0.0165. The third kappa shape index (κ3) is 5.05. The van der Waals surface area contributed by atoms with Gasteiger partial charge in [0, 0.05) is 32.2 Å². The van der Waals surface area contributed by atoms with Gasteiger partial charge < -0.3 is 14.5 Å². The fraction of sp³-hybridized carbons (Fsp3) is 0.789. The van der Waals surface area contributed by atoms with Crippen molar-refractivity contribution in [1.29, 1.82) is 0 Å². The molecule has 1 aromatic rings. The summed E-state index contributed by atoms with van der Waals surface area (Å²) >= 11 is 0. The predicted molar refractivity (Wildman–Crippen MR) is 95.2 cm³/mol. The molecule has 0 aromatic carbocycles. The maximum absolute atomic E-state index is 12.8. The number of aliphatic hydroxyl groups is 1. The molecule has 140 valence electrons. The van der Waals surface area contributed by atoms with Crippen LogP contribution < -0.4 is 0 Å². The van der Waals surface area contributed by atoms with Crippen LogP contribution in [0.25, 0.3) is 0 Å². The Morgan fingerprint density at radius 1 is 1.28 bits per heavy atom. The molecule has 1 saturated carbocycles. The minimum atomic E-state index is -0.180. The van der Waals surface area contributed by atoms with Crippen LogP contribution in [-0.2, 0) is 6.54 Å². The molecule has 6 nitrogen and oxygen atoms in total. The molecular formula is C19H31N3O3. The Morgan fingerprint density at radius 3 is 2.68 bits per heavy atom. The van der Waals surface area contributed by atoms with Crippen molar-refractivity contribution in [3.05, 3.63) is 17.5 Å². The first-order valence-electron chi connectivity index (χ1n) is 9.81. The lowest BCUT2D eigenvalue weighted by molar-refractivity contribution is 0.0709. The van der Waals surface area contributed by atoms with Gasteiger partial charge in [0.15, 0.2) is 11.5 Å². The summed E-state index contributed by atoms with van der Waals surface area (Å²) in [4.78, 5) is 16.9. The summed E-state index contributed by atoms with van der Waals surface area (Å²) < 4.78 is 5.40. The van der Waals surface area contributed by atoms with Crippen LogP contribution in [0.1, 0.15) is 68.1 Å². The van der Waals surface area contributed by atoms with Gasteiger partial charge in [-0.05, 0) is 38.5 Å². The SMILES string of the molecule is CCN(CC1CCCCC1)C(=O)c1cc(CN2CCC(O)CC2)on1. The quantitative estimate of drug-likeness (QED) is 0.855. The average Bonchev–Trinajstić information content (AvgIpc) is 3.10. The van der Waals surface area contributed by atoms with Gasteiger partial charge in [0.1, 0.15) is 0 Å². The highest BCUT2D eigenvalue weighted by Crippen LogP contribution is 2.25. The van der Waals surface area contributed by atoms with E-state index >= 15 is 0 Å². The number of rotatable bonds is 6. The number of hydrogen-bond donors (Lipinski definition) is 1. The molecule has 6 heteroatoms. The number of piperidine rings is 1. The molecule has 0 atom stereocenters. The highest BCUT2D eigenvalue weighted by molar-refractivity contribution is 5.92. The summed E-state index contributed by atoms with van der Waals surface area (Å²) in [5, 5.41) is 13.6. The predicted octanol–water partition coefficient (Wildman–Crippen LogP) is 2.67. The number of hydrogen-bond acceptors (Lipinski definition) is 5. The maximum Gasteiger partial charge on any atom is 0.276 e. The number of aromatic nitrogens is 1. The molecule has 3 rings (SSSR count).